The highest BCUT2D eigenvalue weighted by Gasteiger charge is 2.65. The van der Waals surface area contributed by atoms with Crippen LogP contribution in [-0.2, 0) is 28.5 Å². The smallest absolute Gasteiger partial charge is 0.306 e. The first-order valence-electron chi connectivity index (χ1n) is 14.5. The Bertz CT molecular complexity index is 822. The van der Waals surface area contributed by atoms with Crippen molar-refractivity contribution in [2.75, 3.05) is 6.61 Å². The van der Waals surface area contributed by atoms with Gasteiger partial charge in [-0.25, -0.2) is 0 Å². The summed E-state index contributed by atoms with van der Waals surface area (Å²) in [6, 6.07) is 0. The van der Waals surface area contributed by atoms with Gasteiger partial charge >= 0.3 is 11.9 Å². The zero-order valence-electron chi connectivity index (χ0n) is 23.3. The van der Waals surface area contributed by atoms with E-state index in [9.17, 15) is 9.59 Å². The van der Waals surface area contributed by atoms with E-state index in [1.165, 1.54) is 25.3 Å². The molecule has 2 bridgehead atoms. The maximum atomic E-state index is 13.0. The second-order valence-electron chi connectivity index (χ2n) is 12.3. The van der Waals surface area contributed by atoms with Crippen molar-refractivity contribution in [2.45, 2.75) is 129 Å². The number of rotatable bonds is 8. The van der Waals surface area contributed by atoms with Crippen LogP contribution in [0.25, 0.3) is 0 Å². The van der Waals surface area contributed by atoms with Gasteiger partial charge in [-0.15, -0.1) is 0 Å². The van der Waals surface area contributed by atoms with Crippen molar-refractivity contribution in [2.24, 2.45) is 29.6 Å². The molecular formula is C30H48O6. The molecule has 0 aromatic rings. The Morgan fingerprint density at radius 2 is 1.83 bits per heavy atom. The van der Waals surface area contributed by atoms with Crippen LogP contribution in [0.4, 0.5) is 0 Å². The van der Waals surface area contributed by atoms with Crippen molar-refractivity contribution < 1.29 is 28.5 Å². The molecule has 36 heavy (non-hydrogen) atoms. The summed E-state index contributed by atoms with van der Waals surface area (Å²) in [5.41, 5.74) is 0.481. The van der Waals surface area contributed by atoms with Crippen molar-refractivity contribution >= 4 is 11.9 Å². The van der Waals surface area contributed by atoms with Crippen molar-refractivity contribution in [3.63, 3.8) is 0 Å². The molecule has 10 atom stereocenters. The van der Waals surface area contributed by atoms with Crippen molar-refractivity contribution in [3.8, 4) is 0 Å². The van der Waals surface area contributed by atoms with Gasteiger partial charge in [0.05, 0.1) is 18.8 Å². The summed E-state index contributed by atoms with van der Waals surface area (Å²) in [5.74, 6) is 1.01. The number of hydrogen-bond acceptors (Lipinski definition) is 6. The van der Waals surface area contributed by atoms with Crippen LogP contribution in [0.5, 0.6) is 0 Å². The number of ether oxygens (including phenoxy) is 4. The summed E-state index contributed by atoms with van der Waals surface area (Å²) < 4.78 is 25.9. The molecule has 0 amide bonds. The third-order valence-electron chi connectivity index (χ3n) is 9.48. The first-order valence-corrected chi connectivity index (χ1v) is 14.5. The molecule has 0 radical (unpaired) electrons. The van der Waals surface area contributed by atoms with Gasteiger partial charge in [0.1, 0.15) is 17.8 Å². The molecule has 1 saturated carbocycles. The monoisotopic (exact) mass is 504 g/mol. The summed E-state index contributed by atoms with van der Waals surface area (Å²) >= 11 is 0. The number of fused-ring (bicyclic) bond motifs is 2. The van der Waals surface area contributed by atoms with E-state index in [0.29, 0.717) is 31.3 Å². The zero-order chi connectivity index (χ0) is 26.0. The van der Waals surface area contributed by atoms with E-state index in [4.69, 9.17) is 18.9 Å². The van der Waals surface area contributed by atoms with E-state index in [2.05, 4.69) is 40.7 Å². The van der Waals surface area contributed by atoms with E-state index < -0.39 is 11.7 Å². The third-order valence-corrected chi connectivity index (χ3v) is 9.48. The van der Waals surface area contributed by atoms with Crippen LogP contribution < -0.4 is 0 Å². The number of carbonyl (C=O) groups is 2. The second kappa shape index (κ2) is 11.6. The fourth-order valence-electron chi connectivity index (χ4n) is 7.55. The quantitative estimate of drug-likeness (QED) is 0.229. The Morgan fingerprint density at radius 3 is 2.56 bits per heavy atom. The lowest BCUT2D eigenvalue weighted by atomic mass is 9.59. The fourth-order valence-corrected chi connectivity index (χ4v) is 7.55. The van der Waals surface area contributed by atoms with Gasteiger partial charge < -0.3 is 18.9 Å². The Hall–Kier alpha value is -1.40. The van der Waals surface area contributed by atoms with Crippen LogP contribution in [0.3, 0.4) is 0 Å². The summed E-state index contributed by atoms with van der Waals surface area (Å²) in [4.78, 5) is 25.1. The van der Waals surface area contributed by atoms with Gasteiger partial charge in [-0.05, 0) is 50.9 Å². The minimum absolute atomic E-state index is 0.0351. The molecule has 0 aromatic carbocycles. The molecule has 6 heteroatoms. The molecule has 3 fully saturated rings. The molecule has 0 N–H and O–H groups in total. The van der Waals surface area contributed by atoms with E-state index in [-0.39, 0.29) is 48.0 Å². The summed E-state index contributed by atoms with van der Waals surface area (Å²) in [5, 5.41) is 0. The Balaban J connectivity index is 1.63. The summed E-state index contributed by atoms with van der Waals surface area (Å²) in [7, 11) is 0. The Morgan fingerprint density at radius 1 is 1.08 bits per heavy atom. The number of carbonyl (C=O) groups excluding carboxylic acids is 2. The summed E-state index contributed by atoms with van der Waals surface area (Å²) in [6.45, 7) is 13.0. The number of unbranched alkanes of at least 4 members (excludes halogenated alkanes) is 4. The maximum absolute atomic E-state index is 13.0. The third kappa shape index (κ3) is 5.55. The predicted octanol–water partition coefficient (Wildman–Crippen LogP) is 6.01. The largest absolute Gasteiger partial charge is 0.462 e. The van der Waals surface area contributed by atoms with Gasteiger partial charge in [0.2, 0.25) is 0 Å². The first-order chi connectivity index (χ1) is 17.2. The molecule has 6 nitrogen and oxygen atoms in total. The average molecular weight is 505 g/mol. The minimum Gasteiger partial charge on any atom is -0.462 e. The van der Waals surface area contributed by atoms with Crippen molar-refractivity contribution in [1.82, 2.24) is 0 Å². The number of hydrogen-bond donors (Lipinski definition) is 0. The highest BCUT2D eigenvalue weighted by Crippen LogP contribution is 2.57. The van der Waals surface area contributed by atoms with E-state index in [0.717, 1.165) is 32.1 Å². The first kappa shape index (κ1) is 27.6. The van der Waals surface area contributed by atoms with E-state index in [1.807, 2.05) is 0 Å². The van der Waals surface area contributed by atoms with Crippen LogP contribution in [0, 0.1) is 29.6 Å². The van der Waals surface area contributed by atoms with Gasteiger partial charge in [-0.1, -0.05) is 58.1 Å². The second-order valence-corrected chi connectivity index (χ2v) is 12.3. The van der Waals surface area contributed by atoms with E-state index >= 15 is 0 Å². The Labute approximate surface area is 217 Å². The van der Waals surface area contributed by atoms with Crippen LogP contribution in [0.15, 0.2) is 11.6 Å². The highest BCUT2D eigenvalue weighted by atomic mass is 16.6. The SMILES string of the molecule is CCCCCCCC(=O)O[C@@H]1C/C=C(/C)CC2O[C@H]3[C@H]4[C@@H](C[C@@H](C)[C@@H](OC(C)=O)[C@@H]24)[C@@H](C)CO[C@@]13C. The zero-order valence-corrected chi connectivity index (χ0v) is 23.3. The molecule has 0 aromatic heterocycles. The van der Waals surface area contributed by atoms with Crippen LogP contribution >= 0.6 is 0 Å². The molecule has 2 saturated heterocycles. The van der Waals surface area contributed by atoms with Crippen LogP contribution in [-0.4, -0.2) is 48.6 Å². The molecule has 3 aliphatic heterocycles. The van der Waals surface area contributed by atoms with E-state index in [1.54, 1.807) is 0 Å². The molecule has 204 valence electrons. The molecule has 4 aliphatic rings. The molecular weight excluding hydrogens is 456 g/mol. The molecule has 3 heterocycles. The molecule has 4 rings (SSSR count). The standard InChI is InChI=1S/C30H48O6/c1-7-8-9-10-11-12-25(32)36-24-14-13-18(2)15-23-27-26-22(16-19(3)28(27)34-21(5)31)20(4)17-33-30(24,6)29(26)35-23/h13,19-20,22-24,26-29H,7-12,14-17H2,1-6H3/b18-13-/t19-,20+,22+,23?,24-,26+,27+,28-,29+,30+/m1/s1. The highest BCUT2D eigenvalue weighted by molar-refractivity contribution is 5.69. The van der Waals surface area contributed by atoms with Gasteiger partial charge in [0.15, 0.2) is 0 Å². The van der Waals surface area contributed by atoms with Gasteiger partial charge in [-0.3, -0.25) is 9.59 Å². The van der Waals surface area contributed by atoms with Gasteiger partial charge in [0.25, 0.3) is 0 Å². The molecule has 1 unspecified atom stereocenters. The van der Waals surface area contributed by atoms with Crippen LogP contribution in [0.2, 0.25) is 0 Å². The van der Waals surface area contributed by atoms with Gasteiger partial charge in [0, 0.05) is 31.6 Å². The minimum atomic E-state index is -0.749. The normalized spacial score (nSPS) is 43.3. The lowest BCUT2D eigenvalue weighted by molar-refractivity contribution is -0.202. The summed E-state index contributed by atoms with van der Waals surface area (Å²) in [6.07, 6.45) is 9.77. The fraction of sp³-hybridized carbons (Fsp3) is 0.867. The molecule has 1 aliphatic carbocycles. The maximum Gasteiger partial charge on any atom is 0.306 e. The topological polar surface area (TPSA) is 71.1 Å². The predicted molar refractivity (Wildman–Crippen MR) is 138 cm³/mol. The lowest BCUT2D eigenvalue weighted by Gasteiger charge is -2.47. The lowest BCUT2D eigenvalue weighted by Crippen LogP contribution is -2.57. The average Bonchev–Trinajstić information content (AvgIpc) is 3.17. The van der Waals surface area contributed by atoms with Crippen molar-refractivity contribution in [3.05, 3.63) is 11.6 Å². The Kier molecular flexibility index (Phi) is 8.87. The number of esters is 2. The van der Waals surface area contributed by atoms with Crippen molar-refractivity contribution in [1.29, 1.82) is 0 Å². The van der Waals surface area contributed by atoms with Gasteiger partial charge in [-0.2, -0.15) is 0 Å². The molecule has 0 spiro atoms. The van der Waals surface area contributed by atoms with Crippen LogP contribution in [0.1, 0.15) is 99.3 Å².